The minimum atomic E-state index is 0. The van der Waals surface area contributed by atoms with Gasteiger partial charge in [0.15, 0.2) is 0 Å². The zero-order valence-electron chi connectivity index (χ0n) is 11.2. The summed E-state index contributed by atoms with van der Waals surface area (Å²) in [5.41, 5.74) is 1.36. The van der Waals surface area contributed by atoms with E-state index in [2.05, 4.69) is 23.6 Å². The van der Waals surface area contributed by atoms with E-state index in [1.54, 1.807) is 0 Å². The molecule has 0 aromatic heterocycles. The Morgan fingerprint density at radius 2 is 2.33 bits per heavy atom. The van der Waals surface area contributed by atoms with E-state index in [9.17, 15) is 4.79 Å². The Bertz CT molecular complexity index is 259. The minimum Gasteiger partial charge on any atom is -0.352 e. The van der Waals surface area contributed by atoms with Crippen molar-refractivity contribution < 1.29 is 4.79 Å². The zero-order chi connectivity index (χ0) is 12.3. The monoisotopic (exact) mass is 292 g/mol. The molecule has 2 N–H and O–H groups in total. The second-order valence-electron chi connectivity index (χ2n) is 4.31. The number of carbonyl (C=O) groups excluding carboxylic acids is 1. The van der Waals surface area contributed by atoms with Crippen LogP contribution in [0.15, 0.2) is 11.6 Å². The highest BCUT2D eigenvalue weighted by molar-refractivity contribution is 7.99. The van der Waals surface area contributed by atoms with Crippen LogP contribution in [-0.4, -0.2) is 37.0 Å². The van der Waals surface area contributed by atoms with Crippen molar-refractivity contribution in [1.82, 2.24) is 10.6 Å². The lowest BCUT2D eigenvalue weighted by molar-refractivity contribution is -0.120. The summed E-state index contributed by atoms with van der Waals surface area (Å²) in [5.74, 6) is 2.32. The Morgan fingerprint density at radius 3 is 3.00 bits per heavy atom. The molecule has 1 amide bonds. The molecule has 0 saturated heterocycles. The third kappa shape index (κ3) is 8.84. The van der Waals surface area contributed by atoms with Crippen LogP contribution in [0.5, 0.6) is 0 Å². The van der Waals surface area contributed by atoms with Crippen molar-refractivity contribution in [2.75, 3.05) is 31.1 Å². The van der Waals surface area contributed by atoms with Gasteiger partial charge in [-0.25, -0.2) is 0 Å². The van der Waals surface area contributed by atoms with Gasteiger partial charge in [0, 0.05) is 25.3 Å². The molecule has 0 radical (unpaired) electrons. The normalized spacial score (nSPS) is 14.6. The van der Waals surface area contributed by atoms with Gasteiger partial charge in [-0.15, -0.1) is 12.4 Å². The van der Waals surface area contributed by atoms with Gasteiger partial charge in [0.2, 0.25) is 5.91 Å². The van der Waals surface area contributed by atoms with Gasteiger partial charge in [-0.1, -0.05) is 25.0 Å². The molecular formula is C13H25ClN2OS. The van der Waals surface area contributed by atoms with Gasteiger partial charge in [0.05, 0.1) is 0 Å². The average Bonchev–Trinajstić information content (AvgIpc) is 2.37. The lowest BCUT2D eigenvalue weighted by atomic mass is 10.1. The SMILES string of the molecule is CCCCSCCC(=O)NCC1=CCNCC1.Cl. The fourth-order valence-electron chi connectivity index (χ4n) is 1.64. The fourth-order valence-corrected chi connectivity index (χ4v) is 2.67. The van der Waals surface area contributed by atoms with Crippen molar-refractivity contribution in [1.29, 1.82) is 0 Å². The van der Waals surface area contributed by atoms with E-state index in [-0.39, 0.29) is 18.3 Å². The van der Waals surface area contributed by atoms with Gasteiger partial charge in [-0.3, -0.25) is 4.79 Å². The highest BCUT2D eigenvalue weighted by Crippen LogP contribution is 2.06. The number of unbranched alkanes of at least 4 members (excludes halogenated alkanes) is 1. The second kappa shape index (κ2) is 11.9. The molecule has 0 saturated carbocycles. The van der Waals surface area contributed by atoms with Gasteiger partial charge in [-0.05, 0) is 25.1 Å². The first-order valence-corrected chi connectivity index (χ1v) is 7.71. The van der Waals surface area contributed by atoms with E-state index in [1.165, 1.54) is 24.2 Å². The van der Waals surface area contributed by atoms with E-state index in [1.807, 2.05) is 11.8 Å². The molecule has 1 heterocycles. The van der Waals surface area contributed by atoms with Gasteiger partial charge >= 0.3 is 0 Å². The van der Waals surface area contributed by atoms with Crippen molar-refractivity contribution in [2.24, 2.45) is 0 Å². The van der Waals surface area contributed by atoms with Crippen molar-refractivity contribution in [3.63, 3.8) is 0 Å². The van der Waals surface area contributed by atoms with Crippen molar-refractivity contribution in [3.05, 3.63) is 11.6 Å². The van der Waals surface area contributed by atoms with E-state index in [4.69, 9.17) is 0 Å². The van der Waals surface area contributed by atoms with Gasteiger partial charge in [0.1, 0.15) is 0 Å². The number of amides is 1. The molecule has 0 atom stereocenters. The van der Waals surface area contributed by atoms with Crippen molar-refractivity contribution >= 4 is 30.1 Å². The van der Waals surface area contributed by atoms with Gasteiger partial charge < -0.3 is 10.6 Å². The predicted octanol–water partition coefficient (Wildman–Crippen LogP) is 2.37. The third-order valence-electron chi connectivity index (χ3n) is 2.79. The number of hydrogen-bond donors (Lipinski definition) is 2. The quantitative estimate of drug-likeness (QED) is 0.533. The molecule has 106 valence electrons. The molecule has 0 aromatic rings. The first-order valence-electron chi connectivity index (χ1n) is 6.56. The molecule has 1 rings (SSSR count). The van der Waals surface area contributed by atoms with E-state index in [0.717, 1.165) is 31.8 Å². The molecule has 1 aliphatic rings. The Balaban J connectivity index is 0.00000289. The second-order valence-corrected chi connectivity index (χ2v) is 5.53. The summed E-state index contributed by atoms with van der Waals surface area (Å²) in [6.07, 6.45) is 6.39. The molecule has 0 spiro atoms. The molecular weight excluding hydrogens is 268 g/mol. The molecule has 18 heavy (non-hydrogen) atoms. The summed E-state index contributed by atoms with van der Waals surface area (Å²) in [6.45, 7) is 4.91. The van der Waals surface area contributed by atoms with Crippen LogP contribution in [0, 0.1) is 0 Å². The molecule has 0 fully saturated rings. The van der Waals surface area contributed by atoms with Crippen LogP contribution in [0.3, 0.4) is 0 Å². The average molecular weight is 293 g/mol. The Hall–Kier alpha value is -0.190. The van der Waals surface area contributed by atoms with E-state index in [0.29, 0.717) is 6.42 Å². The van der Waals surface area contributed by atoms with E-state index < -0.39 is 0 Å². The maximum Gasteiger partial charge on any atom is 0.221 e. The van der Waals surface area contributed by atoms with Crippen LogP contribution in [0.2, 0.25) is 0 Å². The maximum atomic E-state index is 11.6. The highest BCUT2D eigenvalue weighted by atomic mass is 35.5. The van der Waals surface area contributed by atoms with Crippen LogP contribution < -0.4 is 10.6 Å². The Kier molecular flexibility index (Phi) is 11.8. The van der Waals surface area contributed by atoms with Crippen LogP contribution in [0.4, 0.5) is 0 Å². The standard InChI is InChI=1S/C13H24N2OS.ClH/c1-2-3-9-17-10-6-13(16)15-11-12-4-7-14-8-5-12;/h4,14H,2-3,5-11H2,1H3,(H,15,16);1H. The maximum absolute atomic E-state index is 11.6. The molecule has 0 bridgehead atoms. The van der Waals surface area contributed by atoms with Gasteiger partial charge in [0.25, 0.3) is 0 Å². The van der Waals surface area contributed by atoms with Crippen LogP contribution >= 0.6 is 24.2 Å². The molecule has 3 nitrogen and oxygen atoms in total. The summed E-state index contributed by atoms with van der Waals surface area (Å²) in [5, 5.41) is 6.26. The van der Waals surface area contributed by atoms with Crippen LogP contribution in [0.1, 0.15) is 32.6 Å². The first kappa shape index (κ1) is 17.8. The summed E-state index contributed by atoms with van der Waals surface area (Å²) in [7, 11) is 0. The number of nitrogens with one attached hydrogen (secondary N) is 2. The predicted molar refractivity (Wildman–Crippen MR) is 82.7 cm³/mol. The lowest BCUT2D eigenvalue weighted by Gasteiger charge is -2.14. The van der Waals surface area contributed by atoms with Crippen LogP contribution in [0.25, 0.3) is 0 Å². The highest BCUT2D eigenvalue weighted by Gasteiger charge is 2.05. The summed E-state index contributed by atoms with van der Waals surface area (Å²) >= 11 is 1.88. The minimum absolute atomic E-state index is 0. The molecule has 5 heteroatoms. The number of hydrogen-bond acceptors (Lipinski definition) is 3. The number of rotatable bonds is 8. The van der Waals surface area contributed by atoms with Crippen LogP contribution in [-0.2, 0) is 4.79 Å². The Morgan fingerprint density at radius 1 is 1.50 bits per heavy atom. The molecule has 0 unspecified atom stereocenters. The van der Waals surface area contributed by atoms with Gasteiger partial charge in [-0.2, -0.15) is 11.8 Å². The smallest absolute Gasteiger partial charge is 0.221 e. The molecule has 0 aromatic carbocycles. The molecule has 1 aliphatic heterocycles. The number of carbonyl (C=O) groups is 1. The van der Waals surface area contributed by atoms with E-state index >= 15 is 0 Å². The fraction of sp³-hybridized carbons (Fsp3) is 0.769. The summed E-state index contributed by atoms with van der Waals surface area (Å²) in [6, 6.07) is 0. The molecule has 0 aliphatic carbocycles. The third-order valence-corrected chi connectivity index (χ3v) is 3.86. The number of thioether (sulfide) groups is 1. The lowest BCUT2D eigenvalue weighted by Crippen LogP contribution is -2.29. The zero-order valence-corrected chi connectivity index (χ0v) is 12.8. The Labute approximate surface area is 121 Å². The summed E-state index contributed by atoms with van der Waals surface area (Å²) in [4.78, 5) is 11.6. The summed E-state index contributed by atoms with van der Waals surface area (Å²) < 4.78 is 0. The first-order chi connectivity index (χ1) is 8.33. The topological polar surface area (TPSA) is 41.1 Å². The number of halogens is 1. The van der Waals surface area contributed by atoms with Crippen molar-refractivity contribution in [2.45, 2.75) is 32.6 Å². The largest absolute Gasteiger partial charge is 0.352 e. The van der Waals surface area contributed by atoms with Crippen molar-refractivity contribution in [3.8, 4) is 0 Å².